The predicted molar refractivity (Wildman–Crippen MR) is 55.8 cm³/mol. The van der Waals surface area contributed by atoms with Crippen molar-refractivity contribution in [3.05, 3.63) is 28.3 Å². The van der Waals surface area contributed by atoms with E-state index in [0.717, 1.165) is 12.5 Å². The molecule has 1 aromatic rings. The van der Waals surface area contributed by atoms with Crippen molar-refractivity contribution in [3.8, 4) is 5.75 Å². The molecule has 1 aromatic heterocycles. The van der Waals surface area contributed by atoms with E-state index in [2.05, 4.69) is 0 Å². The highest BCUT2D eigenvalue weighted by molar-refractivity contribution is 5.18. The third-order valence-corrected chi connectivity index (χ3v) is 2.52. The van der Waals surface area contributed by atoms with E-state index in [0.29, 0.717) is 5.76 Å². The molecule has 0 radical (unpaired) electrons. The summed E-state index contributed by atoms with van der Waals surface area (Å²) in [4.78, 5) is 10.9. The van der Waals surface area contributed by atoms with Crippen LogP contribution in [0.5, 0.6) is 5.75 Å². The molecule has 0 aliphatic heterocycles. The van der Waals surface area contributed by atoms with Gasteiger partial charge in [0.1, 0.15) is 11.5 Å². The molecule has 0 aromatic carbocycles. The van der Waals surface area contributed by atoms with Crippen molar-refractivity contribution in [3.63, 3.8) is 0 Å². The number of aromatic hydroxyl groups is 1. The van der Waals surface area contributed by atoms with Crippen molar-refractivity contribution < 1.29 is 14.6 Å². The Balaban J connectivity index is 2.76. The first-order valence-electron chi connectivity index (χ1n) is 5.04. The molecule has 2 atom stereocenters. The zero-order valence-corrected chi connectivity index (χ0v) is 8.93. The lowest BCUT2D eigenvalue weighted by Gasteiger charge is -2.15. The normalized spacial score (nSPS) is 14.9. The van der Waals surface area contributed by atoms with Gasteiger partial charge in [-0.1, -0.05) is 20.3 Å². The molecule has 0 saturated heterocycles. The molecule has 0 spiro atoms. The predicted octanol–water partition coefficient (Wildman–Crippen LogP) is 1.29. The van der Waals surface area contributed by atoms with Gasteiger partial charge in [0, 0.05) is 12.5 Å². The molecule has 0 saturated carbocycles. The monoisotopic (exact) mass is 212 g/mol. The third-order valence-electron chi connectivity index (χ3n) is 2.52. The maximum Gasteiger partial charge on any atom is 0.339 e. The van der Waals surface area contributed by atoms with Crippen LogP contribution in [0.4, 0.5) is 0 Å². The zero-order chi connectivity index (χ0) is 11.4. The molecule has 2 unspecified atom stereocenters. The third kappa shape index (κ3) is 3.40. The summed E-state index contributed by atoms with van der Waals surface area (Å²) in [7, 11) is 0. The molecule has 1 heterocycles. The maximum atomic E-state index is 10.9. The summed E-state index contributed by atoms with van der Waals surface area (Å²) in [6.45, 7) is 3.90. The first-order valence-corrected chi connectivity index (χ1v) is 5.04. The van der Waals surface area contributed by atoms with Crippen molar-refractivity contribution >= 4 is 0 Å². The van der Waals surface area contributed by atoms with E-state index < -0.39 is 11.7 Å². The van der Waals surface area contributed by atoms with Crippen LogP contribution in [0.25, 0.3) is 0 Å². The van der Waals surface area contributed by atoms with Crippen LogP contribution in [0.15, 0.2) is 21.3 Å². The Morgan fingerprint density at radius 3 is 2.67 bits per heavy atom. The number of hydrogen-bond donors (Lipinski definition) is 2. The van der Waals surface area contributed by atoms with Gasteiger partial charge in [-0.25, -0.2) is 4.79 Å². The van der Waals surface area contributed by atoms with Crippen LogP contribution in [0.3, 0.4) is 0 Å². The van der Waals surface area contributed by atoms with Crippen molar-refractivity contribution in [2.24, 2.45) is 5.92 Å². The van der Waals surface area contributed by atoms with Gasteiger partial charge in [0.2, 0.25) is 0 Å². The Kier molecular flexibility index (Phi) is 3.91. The fraction of sp³-hybridized carbons (Fsp3) is 0.545. The molecule has 0 aliphatic carbocycles. The van der Waals surface area contributed by atoms with Crippen molar-refractivity contribution in [2.75, 3.05) is 0 Å². The number of hydrogen-bond acceptors (Lipinski definition) is 4. The molecule has 4 heteroatoms. The van der Waals surface area contributed by atoms with Gasteiger partial charge in [-0.15, -0.1) is 0 Å². The van der Waals surface area contributed by atoms with E-state index in [1.54, 1.807) is 0 Å². The van der Waals surface area contributed by atoms with Gasteiger partial charge in [-0.2, -0.15) is 0 Å². The van der Waals surface area contributed by atoms with Crippen LogP contribution in [0, 0.1) is 5.92 Å². The zero-order valence-electron chi connectivity index (χ0n) is 8.93. The largest absolute Gasteiger partial charge is 0.508 e. The standard InChI is InChI=1S/C11H16O4/c1-3-7(2)10(13)6-9-4-8(12)5-11(14)15-9/h4-5,7,10,12-13H,3,6H2,1-2H3. The average molecular weight is 212 g/mol. The van der Waals surface area contributed by atoms with Gasteiger partial charge in [-0.3, -0.25) is 0 Å². The molecular formula is C11H16O4. The van der Waals surface area contributed by atoms with E-state index >= 15 is 0 Å². The summed E-state index contributed by atoms with van der Waals surface area (Å²) in [5.41, 5.74) is -0.596. The number of aliphatic hydroxyl groups excluding tert-OH is 1. The molecule has 0 amide bonds. The number of aliphatic hydroxyl groups is 1. The van der Waals surface area contributed by atoms with E-state index in [9.17, 15) is 9.90 Å². The Bertz CT molecular complexity index is 369. The lowest BCUT2D eigenvalue weighted by molar-refractivity contribution is 0.108. The second-order valence-corrected chi connectivity index (χ2v) is 3.76. The Hall–Kier alpha value is -1.29. The molecule has 0 fully saturated rings. The summed E-state index contributed by atoms with van der Waals surface area (Å²) < 4.78 is 4.85. The van der Waals surface area contributed by atoms with E-state index in [1.165, 1.54) is 6.07 Å². The molecule has 2 N–H and O–H groups in total. The van der Waals surface area contributed by atoms with Gasteiger partial charge < -0.3 is 14.6 Å². The molecular weight excluding hydrogens is 196 g/mol. The van der Waals surface area contributed by atoms with Crippen molar-refractivity contribution in [2.45, 2.75) is 32.8 Å². The lowest BCUT2D eigenvalue weighted by atomic mass is 9.98. The van der Waals surface area contributed by atoms with Gasteiger partial charge in [0.05, 0.1) is 12.2 Å². The second-order valence-electron chi connectivity index (χ2n) is 3.76. The molecule has 4 nitrogen and oxygen atoms in total. The lowest BCUT2D eigenvalue weighted by Crippen LogP contribution is -2.20. The van der Waals surface area contributed by atoms with Crippen molar-refractivity contribution in [1.29, 1.82) is 0 Å². The fourth-order valence-electron chi connectivity index (χ4n) is 1.30. The summed E-state index contributed by atoms with van der Waals surface area (Å²) in [5, 5.41) is 18.9. The fourth-order valence-corrected chi connectivity index (χ4v) is 1.30. The van der Waals surface area contributed by atoms with Crippen LogP contribution < -0.4 is 5.63 Å². The number of rotatable bonds is 4. The quantitative estimate of drug-likeness (QED) is 0.789. The Labute approximate surface area is 88.2 Å². The van der Waals surface area contributed by atoms with Gasteiger partial charge >= 0.3 is 5.63 Å². The van der Waals surface area contributed by atoms with Crippen LogP contribution in [0.1, 0.15) is 26.0 Å². The molecule has 84 valence electrons. The topological polar surface area (TPSA) is 70.7 Å². The first kappa shape index (κ1) is 11.8. The second kappa shape index (κ2) is 4.98. The minimum atomic E-state index is -0.596. The van der Waals surface area contributed by atoms with Crippen LogP contribution >= 0.6 is 0 Å². The van der Waals surface area contributed by atoms with Crippen LogP contribution in [-0.4, -0.2) is 16.3 Å². The van der Waals surface area contributed by atoms with Crippen LogP contribution in [0.2, 0.25) is 0 Å². The minimum absolute atomic E-state index is 0.127. The summed E-state index contributed by atoms with van der Waals surface area (Å²) in [6.07, 6.45) is 0.544. The first-order chi connectivity index (χ1) is 7.02. The summed E-state index contributed by atoms with van der Waals surface area (Å²) >= 11 is 0. The summed E-state index contributed by atoms with van der Waals surface area (Å²) in [5.74, 6) is 0.322. The van der Waals surface area contributed by atoms with Gasteiger partial charge in [-0.05, 0) is 5.92 Å². The molecule has 1 rings (SSSR count). The molecule has 15 heavy (non-hydrogen) atoms. The highest BCUT2D eigenvalue weighted by Crippen LogP contribution is 2.15. The van der Waals surface area contributed by atoms with E-state index in [1.807, 2.05) is 13.8 Å². The Morgan fingerprint density at radius 1 is 1.47 bits per heavy atom. The SMILES string of the molecule is CCC(C)C(O)Cc1cc(O)cc(=O)o1. The van der Waals surface area contributed by atoms with Crippen molar-refractivity contribution in [1.82, 2.24) is 0 Å². The average Bonchev–Trinajstić information content (AvgIpc) is 2.14. The van der Waals surface area contributed by atoms with Gasteiger partial charge in [0.15, 0.2) is 0 Å². The highest BCUT2D eigenvalue weighted by atomic mass is 16.4. The molecule has 0 aliphatic rings. The van der Waals surface area contributed by atoms with E-state index in [-0.39, 0.29) is 18.1 Å². The Morgan fingerprint density at radius 2 is 2.13 bits per heavy atom. The summed E-state index contributed by atoms with van der Waals surface area (Å²) in [6, 6.07) is 2.35. The van der Waals surface area contributed by atoms with Crippen LogP contribution in [-0.2, 0) is 6.42 Å². The molecule has 0 bridgehead atoms. The highest BCUT2D eigenvalue weighted by Gasteiger charge is 2.14. The van der Waals surface area contributed by atoms with E-state index in [4.69, 9.17) is 9.52 Å². The smallest absolute Gasteiger partial charge is 0.339 e. The minimum Gasteiger partial charge on any atom is -0.508 e. The van der Waals surface area contributed by atoms with Gasteiger partial charge in [0.25, 0.3) is 0 Å². The maximum absolute atomic E-state index is 10.9.